The number of aromatic nitrogens is 2. The van der Waals surface area contributed by atoms with Gasteiger partial charge < -0.3 is 5.11 Å². The first-order valence-corrected chi connectivity index (χ1v) is 5.28. The molecule has 0 bridgehead atoms. The first kappa shape index (κ1) is 11.3. The Morgan fingerprint density at radius 1 is 1.41 bits per heavy atom. The van der Waals surface area contributed by atoms with Crippen LogP contribution in [0, 0.1) is 6.92 Å². The Kier molecular flexibility index (Phi) is 3.18. The Bertz CT molecular complexity index is 525. The molecule has 0 unspecified atom stereocenters. The molecule has 5 heteroatoms. The van der Waals surface area contributed by atoms with Crippen LogP contribution >= 0.6 is 0 Å². The van der Waals surface area contributed by atoms with Crippen molar-refractivity contribution in [2.24, 2.45) is 4.99 Å². The van der Waals surface area contributed by atoms with Crippen LogP contribution < -0.4 is 9.79 Å². The summed E-state index contributed by atoms with van der Waals surface area (Å²) in [6.45, 7) is 4.00. The highest BCUT2D eigenvalue weighted by atomic mass is 16.5. The molecule has 17 heavy (non-hydrogen) atoms. The van der Waals surface area contributed by atoms with Gasteiger partial charge in [0.2, 0.25) is 11.8 Å². The molecule has 0 saturated heterocycles. The molecule has 88 valence electrons. The Labute approximate surface area is 99.0 Å². The molecule has 0 radical (unpaired) electrons. The average Bonchev–Trinajstić information content (AvgIpc) is 2.68. The topological polar surface area (TPSA) is 65.3 Å². The highest BCUT2D eigenvalue weighted by Crippen LogP contribution is 2.07. The van der Waals surface area contributed by atoms with Gasteiger partial charge in [0.25, 0.3) is 6.20 Å². The van der Waals surface area contributed by atoms with Crippen molar-refractivity contribution >= 4 is 11.8 Å². The Hall–Kier alpha value is -2.17. The molecular weight excluding hydrogens is 218 g/mol. The van der Waals surface area contributed by atoms with E-state index in [0.717, 1.165) is 5.56 Å². The predicted octanol–water partition coefficient (Wildman–Crippen LogP) is 0.729. The summed E-state index contributed by atoms with van der Waals surface area (Å²) in [6.07, 6.45) is 1.60. The molecule has 1 aromatic heterocycles. The highest BCUT2D eigenvalue weighted by Gasteiger charge is 2.10. The quantitative estimate of drug-likeness (QED) is 0.444. The third-order valence-electron chi connectivity index (χ3n) is 2.23. The van der Waals surface area contributed by atoms with E-state index in [9.17, 15) is 5.11 Å². The van der Waals surface area contributed by atoms with Gasteiger partial charge in [-0.05, 0) is 24.4 Å². The fraction of sp³-hybridized carbons (Fsp3) is 0.250. The SMILES string of the molecule is C/C([O-])=N\c1c[n+](Cc2ccc(C)cc2)no1. The molecule has 0 aliphatic heterocycles. The molecule has 2 rings (SSSR count). The number of aliphatic imine (C=N–C) groups is 1. The average molecular weight is 231 g/mol. The van der Waals surface area contributed by atoms with Crippen LogP contribution in [-0.4, -0.2) is 11.2 Å². The van der Waals surface area contributed by atoms with E-state index in [1.807, 2.05) is 31.2 Å². The monoisotopic (exact) mass is 231 g/mol. The summed E-state index contributed by atoms with van der Waals surface area (Å²) in [7, 11) is 0. The first-order valence-electron chi connectivity index (χ1n) is 5.28. The molecule has 1 aromatic carbocycles. The summed E-state index contributed by atoms with van der Waals surface area (Å²) in [5.41, 5.74) is 2.33. The lowest BCUT2D eigenvalue weighted by Gasteiger charge is -1.96. The molecule has 0 atom stereocenters. The maximum atomic E-state index is 10.8. The van der Waals surface area contributed by atoms with E-state index >= 15 is 0 Å². The molecule has 0 N–H and O–H groups in total. The summed E-state index contributed by atoms with van der Waals surface area (Å²) >= 11 is 0. The number of rotatable bonds is 3. The first-order chi connectivity index (χ1) is 8.13. The molecule has 0 amide bonds. The number of hydrogen-bond acceptors (Lipinski definition) is 4. The lowest BCUT2D eigenvalue weighted by atomic mass is 10.1. The summed E-state index contributed by atoms with van der Waals surface area (Å²) < 4.78 is 6.50. The van der Waals surface area contributed by atoms with Crippen LogP contribution in [0.2, 0.25) is 0 Å². The van der Waals surface area contributed by atoms with Crippen molar-refractivity contribution in [3.63, 3.8) is 0 Å². The lowest BCUT2D eigenvalue weighted by molar-refractivity contribution is -0.754. The Balaban J connectivity index is 2.11. The molecule has 2 aromatic rings. The second kappa shape index (κ2) is 4.78. The van der Waals surface area contributed by atoms with Crippen LogP contribution in [0.1, 0.15) is 18.1 Å². The van der Waals surface area contributed by atoms with Gasteiger partial charge in [-0.2, -0.15) is 0 Å². The molecule has 0 fully saturated rings. The molecule has 5 nitrogen and oxygen atoms in total. The van der Waals surface area contributed by atoms with Crippen molar-refractivity contribution in [3.05, 3.63) is 41.6 Å². The predicted molar refractivity (Wildman–Crippen MR) is 59.7 cm³/mol. The van der Waals surface area contributed by atoms with Crippen molar-refractivity contribution in [2.75, 3.05) is 0 Å². The number of hydrogen-bond donors (Lipinski definition) is 0. The molecule has 0 aliphatic rings. The van der Waals surface area contributed by atoms with Crippen LogP contribution in [0.15, 0.2) is 40.0 Å². The van der Waals surface area contributed by atoms with E-state index in [1.54, 1.807) is 10.9 Å². The van der Waals surface area contributed by atoms with Crippen LogP contribution in [0.25, 0.3) is 0 Å². The third-order valence-corrected chi connectivity index (χ3v) is 2.23. The van der Waals surface area contributed by atoms with Crippen LogP contribution in [0.3, 0.4) is 0 Å². The molecule has 1 heterocycles. The molecule has 0 spiro atoms. The standard InChI is InChI=1S/C12H13N3O2/c1-9-3-5-11(6-4-9)7-15-8-12(17-14-15)13-10(2)16/h3-6,8H,7H2,1-2H3. The van der Waals surface area contributed by atoms with Crippen LogP contribution in [0.4, 0.5) is 5.88 Å². The van der Waals surface area contributed by atoms with Crippen molar-refractivity contribution in [1.29, 1.82) is 0 Å². The Morgan fingerprint density at radius 3 is 2.76 bits per heavy atom. The van der Waals surface area contributed by atoms with Gasteiger partial charge in [0.1, 0.15) is 0 Å². The normalized spacial score (nSPS) is 11.8. The zero-order chi connectivity index (χ0) is 12.3. The summed E-state index contributed by atoms with van der Waals surface area (Å²) in [5, 5.41) is 14.5. The minimum absolute atomic E-state index is 0.226. The zero-order valence-electron chi connectivity index (χ0n) is 9.75. The maximum Gasteiger partial charge on any atom is 0.320 e. The summed E-state index contributed by atoms with van der Waals surface area (Å²) in [6, 6.07) is 8.13. The lowest BCUT2D eigenvalue weighted by Crippen LogP contribution is -2.35. The van der Waals surface area contributed by atoms with Crippen molar-refractivity contribution in [2.45, 2.75) is 20.4 Å². The maximum absolute atomic E-state index is 10.8. The molecule has 0 saturated carbocycles. The summed E-state index contributed by atoms with van der Waals surface area (Å²) in [4.78, 5) is 3.65. The minimum Gasteiger partial charge on any atom is -0.862 e. The Morgan fingerprint density at radius 2 is 2.12 bits per heavy atom. The van der Waals surface area contributed by atoms with Gasteiger partial charge >= 0.3 is 5.88 Å². The third kappa shape index (κ3) is 3.14. The van der Waals surface area contributed by atoms with Crippen molar-refractivity contribution in [1.82, 2.24) is 5.27 Å². The number of benzene rings is 1. The van der Waals surface area contributed by atoms with Crippen molar-refractivity contribution < 1.29 is 14.3 Å². The van der Waals surface area contributed by atoms with Gasteiger partial charge in [-0.25, -0.2) is 4.99 Å². The molecular formula is C12H13N3O2. The van der Waals surface area contributed by atoms with Crippen LogP contribution in [-0.2, 0) is 6.54 Å². The highest BCUT2D eigenvalue weighted by molar-refractivity contribution is 5.70. The van der Waals surface area contributed by atoms with Gasteiger partial charge in [0, 0.05) is 5.56 Å². The number of nitrogens with zero attached hydrogens (tertiary/aromatic N) is 3. The van der Waals surface area contributed by atoms with E-state index in [2.05, 4.69) is 10.3 Å². The van der Waals surface area contributed by atoms with Crippen LogP contribution in [0.5, 0.6) is 0 Å². The second-order valence-corrected chi connectivity index (χ2v) is 3.85. The number of aryl methyl sites for hydroxylation is 1. The zero-order valence-corrected chi connectivity index (χ0v) is 9.75. The largest absolute Gasteiger partial charge is 0.862 e. The van der Waals surface area contributed by atoms with Crippen molar-refractivity contribution in [3.8, 4) is 0 Å². The smallest absolute Gasteiger partial charge is 0.320 e. The van der Waals surface area contributed by atoms with E-state index in [1.165, 1.54) is 12.5 Å². The van der Waals surface area contributed by atoms with E-state index in [4.69, 9.17) is 4.52 Å². The fourth-order valence-electron chi connectivity index (χ4n) is 1.43. The van der Waals surface area contributed by atoms with Gasteiger partial charge in [-0.15, -0.1) is 0 Å². The van der Waals surface area contributed by atoms with E-state index in [0.29, 0.717) is 6.54 Å². The van der Waals surface area contributed by atoms with Gasteiger partial charge in [0.05, 0.1) is 0 Å². The molecule has 0 aliphatic carbocycles. The minimum atomic E-state index is -0.302. The fourth-order valence-corrected chi connectivity index (χ4v) is 1.43. The second-order valence-electron chi connectivity index (χ2n) is 3.85. The van der Waals surface area contributed by atoms with Gasteiger partial charge in [-0.3, -0.25) is 4.52 Å². The van der Waals surface area contributed by atoms with Gasteiger partial charge in [-0.1, -0.05) is 29.8 Å². The summed E-state index contributed by atoms with van der Waals surface area (Å²) in [5.74, 6) is -0.0757. The van der Waals surface area contributed by atoms with E-state index < -0.39 is 0 Å². The van der Waals surface area contributed by atoms with E-state index in [-0.39, 0.29) is 11.8 Å². The van der Waals surface area contributed by atoms with Gasteiger partial charge in [0.15, 0.2) is 0 Å².